The largest absolute Gasteiger partial charge is 0.497 e. The number of ether oxygens (including phenoxy) is 5. The topological polar surface area (TPSA) is 181 Å². The van der Waals surface area contributed by atoms with E-state index in [2.05, 4.69) is 37.5 Å². The number of benzene rings is 3. The van der Waals surface area contributed by atoms with Crippen molar-refractivity contribution in [3.8, 4) is 17.4 Å². The molecular formula is C43H52N8O8. The Morgan fingerprint density at radius 1 is 0.864 bits per heavy atom. The molecule has 3 aromatic carbocycles. The smallest absolute Gasteiger partial charge is 0.306 e. The molecule has 0 aliphatic carbocycles. The van der Waals surface area contributed by atoms with Crippen LogP contribution in [-0.2, 0) is 36.0 Å². The zero-order valence-corrected chi connectivity index (χ0v) is 34.3. The van der Waals surface area contributed by atoms with Crippen LogP contribution in [0.3, 0.4) is 0 Å². The van der Waals surface area contributed by atoms with E-state index in [-0.39, 0.29) is 50.3 Å². The second-order valence-electron chi connectivity index (χ2n) is 13.7. The molecule has 2 amide bonds. The Labute approximate surface area is 343 Å². The summed E-state index contributed by atoms with van der Waals surface area (Å²) in [5.41, 5.74) is 1.86. The van der Waals surface area contributed by atoms with Gasteiger partial charge in [0.1, 0.15) is 30.3 Å². The maximum absolute atomic E-state index is 14.0. The second-order valence-corrected chi connectivity index (χ2v) is 13.7. The summed E-state index contributed by atoms with van der Waals surface area (Å²) in [5.74, 6) is 0.380. The summed E-state index contributed by atoms with van der Waals surface area (Å²) >= 11 is 0. The molecular weight excluding hydrogens is 757 g/mol. The van der Waals surface area contributed by atoms with Crippen molar-refractivity contribution in [1.29, 1.82) is 0 Å². The number of amides is 2. The van der Waals surface area contributed by atoms with E-state index in [4.69, 9.17) is 23.7 Å². The Balaban J connectivity index is 1.49. The third-order valence-electron chi connectivity index (χ3n) is 9.19. The predicted molar refractivity (Wildman–Crippen MR) is 222 cm³/mol. The number of fused-ring (bicyclic) bond motifs is 1. The number of unbranched alkanes of at least 4 members (excludes halogenated alkanes) is 1. The molecule has 2 heterocycles. The van der Waals surface area contributed by atoms with Gasteiger partial charge in [-0.3, -0.25) is 14.4 Å². The van der Waals surface area contributed by atoms with Gasteiger partial charge in [-0.1, -0.05) is 67.9 Å². The Kier molecular flexibility index (Phi) is 15.7. The Morgan fingerprint density at radius 2 is 1.51 bits per heavy atom. The van der Waals surface area contributed by atoms with Crippen LogP contribution in [0.1, 0.15) is 49.3 Å². The van der Waals surface area contributed by atoms with Crippen LogP contribution in [0, 0.1) is 0 Å². The molecule has 0 fully saturated rings. The third-order valence-corrected chi connectivity index (χ3v) is 9.19. The van der Waals surface area contributed by atoms with E-state index in [0.29, 0.717) is 29.3 Å². The number of hydrogen-bond acceptors (Lipinski definition) is 12. The van der Waals surface area contributed by atoms with Crippen molar-refractivity contribution in [2.45, 2.75) is 50.8 Å². The summed E-state index contributed by atoms with van der Waals surface area (Å²) in [6, 6.07) is 23.9. The van der Waals surface area contributed by atoms with Gasteiger partial charge in [0.05, 0.1) is 52.6 Å². The van der Waals surface area contributed by atoms with E-state index in [0.717, 1.165) is 29.5 Å². The van der Waals surface area contributed by atoms with E-state index >= 15 is 0 Å². The van der Waals surface area contributed by atoms with E-state index in [1.165, 1.54) is 13.4 Å². The Morgan fingerprint density at radius 3 is 2.10 bits per heavy atom. The average Bonchev–Trinajstić information content (AvgIpc) is 3.66. The third kappa shape index (κ3) is 11.5. The summed E-state index contributed by atoms with van der Waals surface area (Å²) in [6.07, 6.45) is 4.61. The number of hydrogen-bond donors (Lipinski definition) is 2. The zero-order valence-electron chi connectivity index (χ0n) is 34.3. The van der Waals surface area contributed by atoms with Crippen molar-refractivity contribution in [2.24, 2.45) is 4.99 Å². The number of nitrogens with one attached hydrogen (secondary N) is 2. The van der Waals surface area contributed by atoms with E-state index in [1.807, 2.05) is 93.0 Å². The lowest BCUT2D eigenvalue weighted by atomic mass is 9.80. The van der Waals surface area contributed by atoms with Gasteiger partial charge in [-0.25, -0.2) is 9.98 Å². The normalized spacial score (nSPS) is 11.9. The lowest BCUT2D eigenvalue weighted by Crippen LogP contribution is -2.46. The van der Waals surface area contributed by atoms with Gasteiger partial charge in [-0.15, -0.1) is 0 Å². The second kappa shape index (κ2) is 21.3. The Bertz CT molecular complexity index is 2110. The molecule has 0 aliphatic heterocycles. The summed E-state index contributed by atoms with van der Waals surface area (Å²) in [4.78, 5) is 58.4. The minimum Gasteiger partial charge on any atom is -0.497 e. The van der Waals surface area contributed by atoms with Crippen LogP contribution >= 0.6 is 0 Å². The summed E-state index contributed by atoms with van der Waals surface area (Å²) in [6.45, 7) is 1.91. The van der Waals surface area contributed by atoms with Crippen molar-refractivity contribution in [3.63, 3.8) is 0 Å². The van der Waals surface area contributed by atoms with Gasteiger partial charge in [0.25, 0.3) is 5.95 Å². The first kappa shape index (κ1) is 43.6. The van der Waals surface area contributed by atoms with Crippen LogP contribution < -0.4 is 24.8 Å². The predicted octanol–water partition coefficient (Wildman–Crippen LogP) is 4.81. The van der Waals surface area contributed by atoms with Gasteiger partial charge in [0.2, 0.25) is 17.7 Å². The monoisotopic (exact) mass is 808 g/mol. The van der Waals surface area contributed by atoms with Crippen molar-refractivity contribution < 1.29 is 38.1 Å². The number of aromatic nitrogens is 4. The molecule has 59 heavy (non-hydrogen) atoms. The number of rotatable bonds is 22. The van der Waals surface area contributed by atoms with Gasteiger partial charge < -0.3 is 43.8 Å². The molecule has 2 N–H and O–H groups in total. The minimum atomic E-state index is -1.22. The Hall–Kier alpha value is -6.55. The number of aliphatic imine (C=N–C) groups is 1. The van der Waals surface area contributed by atoms with Gasteiger partial charge in [0, 0.05) is 27.6 Å². The highest BCUT2D eigenvalue weighted by atomic mass is 16.5. The summed E-state index contributed by atoms with van der Waals surface area (Å²) in [5, 5.41) is 5.51. The first-order chi connectivity index (χ1) is 28.6. The van der Waals surface area contributed by atoms with Gasteiger partial charge in [-0.2, -0.15) is 9.97 Å². The molecule has 5 aromatic rings. The summed E-state index contributed by atoms with van der Waals surface area (Å²) < 4.78 is 31.2. The van der Waals surface area contributed by atoms with Crippen LogP contribution in [0.5, 0.6) is 17.4 Å². The fourth-order valence-electron chi connectivity index (χ4n) is 6.13. The molecule has 0 saturated carbocycles. The van der Waals surface area contributed by atoms with Crippen molar-refractivity contribution in [3.05, 3.63) is 102 Å². The molecule has 16 nitrogen and oxygen atoms in total. The molecule has 0 unspecified atom stereocenters. The first-order valence-electron chi connectivity index (χ1n) is 19.3. The van der Waals surface area contributed by atoms with E-state index in [1.54, 1.807) is 30.0 Å². The molecule has 0 radical (unpaired) electrons. The fraction of sp³-hybridized carbons (Fsp3) is 0.372. The maximum atomic E-state index is 14.0. The molecule has 0 bridgehead atoms. The molecule has 2 aromatic heterocycles. The molecule has 16 heteroatoms. The van der Waals surface area contributed by atoms with Gasteiger partial charge >= 0.3 is 5.97 Å². The number of carbonyl (C=O) groups is 3. The van der Waals surface area contributed by atoms with E-state index < -0.39 is 23.5 Å². The molecule has 0 spiro atoms. The molecule has 312 valence electrons. The summed E-state index contributed by atoms with van der Waals surface area (Å²) in [7, 11) is 8.34. The van der Waals surface area contributed by atoms with Crippen LogP contribution in [0.4, 0.5) is 5.95 Å². The van der Waals surface area contributed by atoms with Crippen LogP contribution in [0.2, 0.25) is 0 Å². The first-order valence-corrected chi connectivity index (χ1v) is 19.3. The van der Waals surface area contributed by atoms with E-state index in [9.17, 15) is 14.4 Å². The minimum absolute atomic E-state index is 0.0464. The molecule has 0 saturated heterocycles. The average molecular weight is 809 g/mol. The molecule has 1 atom stereocenters. The van der Waals surface area contributed by atoms with Crippen molar-refractivity contribution in [1.82, 2.24) is 35.1 Å². The highest BCUT2D eigenvalue weighted by molar-refractivity contribution is 5.82. The van der Waals surface area contributed by atoms with Crippen molar-refractivity contribution >= 4 is 41.2 Å². The SMILES string of the molecule is CCCCOc1nc(/N=C/N(C)C)nc2c1ncn2CC(=O)N[C@H](COC(=O)CCC(=O)NC)COC(c1ccccc1)(c1ccc(OC)cc1)c1ccc(OC)cc1. The van der Waals surface area contributed by atoms with Crippen LogP contribution in [-0.4, -0.2) is 110 Å². The zero-order chi connectivity index (χ0) is 42.2. The number of imidazole rings is 1. The standard InChI is InChI=1S/C43H52N8O8/c1-7-8-24-57-41-39-40(48-42(49-41)46-28-50(3)4)51(29-45-39)25-37(53)47-33(26-58-38(54)23-22-36(52)44-2)27-59-43(30-12-10-9-11-13-30,31-14-18-34(55-5)19-15-31)32-16-20-35(56-6)21-17-32/h9-21,28-29,33H,7-8,22-27H2,1-6H3,(H,44,52)(H,47,53)/b46-28+/t33-/m1/s1. The maximum Gasteiger partial charge on any atom is 0.306 e. The highest BCUT2D eigenvalue weighted by Gasteiger charge is 2.39. The number of methoxy groups -OCH3 is 2. The highest BCUT2D eigenvalue weighted by Crippen LogP contribution is 2.42. The van der Waals surface area contributed by atoms with Crippen LogP contribution in [0.25, 0.3) is 11.2 Å². The van der Waals surface area contributed by atoms with Gasteiger partial charge in [0.15, 0.2) is 11.2 Å². The lowest BCUT2D eigenvalue weighted by molar-refractivity contribution is -0.147. The quantitative estimate of drug-likeness (QED) is 0.0321. The fourth-order valence-corrected chi connectivity index (χ4v) is 6.13. The molecule has 0 aliphatic rings. The number of carbonyl (C=O) groups excluding carboxylic acids is 3. The van der Waals surface area contributed by atoms with Crippen LogP contribution in [0.15, 0.2) is 90.2 Å². The number of esters is 1. The van der Waals surface area contributed by atoms with Gasteiger partial charge in [-0.05, 0) is 47.4 Å². The number of nitrogens with zero attached hydrogens (tertiary/aromatic N) is 6. The van der Waals surface area contributed by atoms with Crippen molar-refractivity contribution in [2.75, 3.05) is 55.2 Å². The lowest BCUT2D eigenvalue weighted by Gasteiger charge is -2.37. The molecule has 5 rings (SSSR count).